The van der Waals surface area contributed by atoms with Gasteiger partial charge in [0, 0.05) is 31.7 Å². The van der Waals surface area contributed by atoms with Gasteiger partial charge in [0.2, 0.25) is 0 Å². The molecule has 0 bridgehead atoms. The number of ether oxygens (including phenoxy) is 3. The number of likely N-dealkylation sites (tertiary alicyclic amines) is 1. The Balaban J connectivity index is 1.76. The van der Waals surface area contributed by atoms with E-state index in [1.807, 2.05) is 6.92 Å². The van der Waals surface area contributed by atoms with Gasteiger partial charge < -0.3 is 29.3 Å². The third-order valence-electron chi connectivity index (χ3n) is 6.48. The minimum atomic E-state index is -0.846. The number of rotatable bonds is 10. The number of ketones is 1. The van der Waals surface area contributed by atoms with Crippen LogP contribution < -0.4 is 9.47 Å². The molecule has 0 spiro atoms. The first-order valence-corrected chi connectivity index (χ1v) is 12.7. The van der Waals surface area contributed by atoms with Crippen molar-refractivity contribution < 1.29 is 34.0 Å². The first-order valence-electron chi connectivity index (χ1n) is 12.7. The predicted octanol–water partition coefficient (Wildman–Crippen LogP) is 3.33. The van der Waals surface area contributed by atoms with Crippen molar-refractivity contribution in [1.82, 2.24) is 9.80 Å². The van der Waals surface area contributed by atoms with E-state index in [9.17, 15) is 19.8 Å². The number of carbonyl (C=O) groups is 2. The maximum absolute atomic E-state index is 13.3. The van der Waals surface area contributed by atoms with Crippen LogP contribution in [0.25, 0.3) is 5.76 Å². The molecule has 9 nitrogen and oxygen atoms in total. The Labute approximate surface area is 216 Å². The lowest BCUT2D eigenvalue weighted by Gasteiger charge is -2.31. The smallest absolute Gasteiger partial charge is 0.295 e. The van der Waals surface area contributed by atoms with Crippen molar-refractivity contribution in [3.05, 3.63) is 59.2 Å². The largest absolute Gasteiger partial charge is 0.507 e. The third kappa shape index (κ3) is 5.89. The monoisotopic (exact) mass is 510 g/mol. The zero-order valence-electron chi connectivity index (χ0n) is 21.3. The highest BCUT2D eigenvalue weighted by atomic mass is 16.5. The Morgan fingerprint density at radius 2 is 1.84 bits per heavy atom. The average Bonchev–Trinajstić information content (AvgIpc) is 3.17. The van der Waals surface area contributed by atoms with Crippen molar-refractivity contribution in [2.45, 2.75) is 26.3 Å². The number of hydrogen-bond acceptors (Lipinski definition) is 8. The van der Waals surface area contributed by atoms with E-state index in [1.165, 1.54) is 11.0 Å². The summed E-state index contributed by atoms with van der Waals surface area (Å²) in [4.78, 5) is 30.3. The van der Waals surface area contributed by atoms with Gasteiger partial charge in [0.05, 0.1) is 38.0 Å². The molecule has 2 aromatic rings. The molecular weight excluding hydrogens is 476 g/mol. The molecule has 0 radical (unpaired) electrons. The van der Waals surface area contributed by atoms with Crippen LogP contribution in [0, 0.1) is 0 Å². The van der Waals surface area contributed by atoms with Gasteiger partial charge in [0.15, 0.2) is 11.5 Å². The maximum Gasteiger partial charge on any atom is 0.295 e. The summed E-state index contributed by atoms with van der Waals surface area (Å²) in [7, 11) is 0. The fourth-order valence-corrected chi connectivity index (χ4v) is 4.61. The first kappa shape index (κ1) is 26.5. The van der Waals surface area contributed by atoms with Gasteiger partial charge in [-0.1, -0.05) is 25.1 Å². The van der Waals surface area contributed by atoms with Crippen molar-refractivity contribution in [2.24, 2.45) is 0 Å². The second kappa shape index (κ2) is 12.1. The van der Waals surface area contributed by atoms with E-state index in [2.05, 4.69) is 4.90 Å². The number of aliphatic hydroxyl groups is 1. The van der Waals surface area contributed by atoms with E-state index in [0.717, 1.165) is 19.5 Å². The van der Waals surface area contributed by atoms with E-state index < -0.39 is 17.7 Å². The van der Waals surface area contributed by atoms with Crippen LogP contribution in [0.15, 0.2) is 48.0 Å². The van der Waals surface area contributed by atoms with E-state index in [4.69, 9.17) is 14.2 Å². The van der Waals surface area contributed by atoms with Crippen molar-refractivity contribution in [2.75, 3.05) is 52.6 Å². The molecule has 0 aromatic heterocycles. The molecule has 0 aliphatic carbocycles. The molecule has 4 rings (SSSR count). The molecule has 1 atom stereocenters. The van der Waals surface area contributed by atoms with Gasteiger partial charge in [-0.15, -0.1) is 0 Å². The molecule has 2 aromatic carbocycles. The summed E-state index contributed by atoms with van der Waals surface area (Å²) in [6.45, 7) is 8.22. The Bertz CT molecular complexity index is 1160. The fourth-order valence-electron chi connectivity index (χ4n) is 4.61. The van der Waals surface area contributed by atoms with Crippen molar-refractivity contribution in [1.29, 1.82) is 0 Å². The van der Waals surface area contributed by atoms with Gasteiger partial charge in [-0.2, -0.15) is 0 Å². The summed E-state index contributed by atoms with van der Waals surface area (Å²) in [5.41, 5.74) is 0.934. The molecule has 198 valence electrons. The molecule has 9 heteroatoms. The molecule has 1 unspecified atom stereocenters. The molecular formula is C28H34N2O7. The highest BCUT2D eigenvalue weighted by Gasteiger charge is 2.46. The summed E-state index contributed by atoms with van der Waals surface area (Å²) in [5, 5.41) is 21.6. The summed E-state index contributed by atoms with van der Waals surface area (Å²) >= 11 is 0. The zero-order valence-corrected chi connectivity index (χ0v) is 21.3. The van der Waals surface area contributed by atoms with Crippen LogP contribution in [-0.2, 0) is 14.3 Å². The highest BCUT2D eigenvalue weighted by Crippen LogP contribution is 2.42. The Kier molecular flexibility index (Phi) is 8.68. The van der Waals surface area contributed by atoms with Crippen LogP contribution in [0.2, 0.25) is 0 Å². The Hall–Kier alpha value is -3.56. The van der Waals surface area contributed by atoms with Crippen LogP contribution in [0.4, 0.5) is 0 Å². The number of phenolic OH excluding ortho intramolecular Hbond substituents is 1. The van der Waals surface area contributed by atoms with Gasteiger partial charge in [-0.05, 0) is 43.2 Å². The molecule has 2 aliphatic heterocycles. The number of nitrogens with zero attached hydrogens (tertiary/aromatic N) is 2. The topological polar surface area (TPSA) is 109 Å². The number of hydrogen-bond donors (Lipinski definition) is 2. The van der Waals surface area contributed by atoms with E-state index in [0.29, 0.717) is 49.8 Å². The Morgan fingerprint density at radius 1 is 1.05 bits per heavy atom. The second-order valence-electron chi connectivity index (χ2n) is 8.98. The third-order valence-corrected chi connectivity index (χ3v) is 6.48. The van der Waals surface area contributed by atoms with Crippen LogP contribution in [0.1, 0.15) is 37.4 Å². The van der Waals surface area contributed by atoms with E-state index >= 15 is 0 Å². The average molecular weight is 511 g/mol. The van der Waals surface area contributed by atoms with Gasteiger partial charge >= 0.3 is 0 Å². The number of benzene rings is 2. The highest BCUT2D eigenvalue weighted by molar-refractivity contribution is 6.46. The van der Waals surface area contributed by atoms with Crippen molar-refractivity contribution >= 4 is 17.4 Å². The Morgan fingerprint density at radius 3 is 2.57 bits per heavy atom. The number of aliphatic hydroxyl groups excluding tert-OH is 1. The van der Waals surface area contributed by atoms with Gasteiger partial charge in [-0.25, -0.2) is 0 Å². The predicted molar refractivity (Wildman–Crippen MR) is 138 cm³/mol. The van der Waals surface area contributed by atoms with Gasteiger partial charge in [0.25, 0.3) is 11.7 Å². The summed E-state index contributed by atoms with van der Waals surface area (Å²) in [6, 6.07) is 10.7. The lowest BCUT2D eigenvalue weighted by molar-refractivity contribution is -0.140. The number of aromatic hydroxyl groups is 1. The standard InChI is InChI=1S/C28H34N2O7/c1-3-14-37-21-7-5-6-20(17-21)26(32)24-25(19-8-9-22(31)23(18-19)36-4-2)30(28(34)27(24)33)11-10-29-12-15-35-16-13-29/h5-9,17-18,25,31-32H,3-4,10-16H2,1-2H3. The van der Waals surface area contributed by atoms with Crippen LogP contribution in [-0.4, -0.2) is 84.3 Å². The zero-order chi connectivity index (χ0) is 26.4. The summed E-state index contributed by atoms with van der Waals surface area (Å²) in [6.07, 6.45) is 0.827. The number of amides is 1. The maximum atomic E-state index is 13.3. The fraction of sp³-hybridized carbons (Fsp3) is 0.429. The molecule has 37 heavy (non-hydrogen) atoms. The summed E-state index contributed by atoms with van der Waals surface area (Å²) < 4.78 is 16.7. The second-order valence-corrected chi connectivity index (χ2v) is 8.98. The number of phenols is 1. The van der Waals surface area contributed by atoms with Crippen molar-refractivity contribution in [3.8, 4) is 17.2 Å². The minimum absolute atomic E-state index is 0.00671. The van der Waals surface area contributed by atoms with Crippen LogP contribution in [0.5, 0.6) is 17.2 Å². The molecule has 2 saturated heterocycles. The number of carbonyl (C=O) groups excluding carboxylic acids is 2. The van der Waals surface area contributed by atoms with Crippen LogP contribution in [0.3, 0.4) is 0 Å². The number of Topliss-reactive ketones (excluding diaryl/α,β-unsaturated/α-hetero) is 1. The number of morpholine rings is 1. The summed E-state index contributed by atoms with van der Waals surface area (Å²) in [5.74, 6) is -0.942. The molecule has 2 aliphatic rings. The van der Waals surface area contributed by atoms with Gasteiger partial charge in [0.1, 0.15) is 11.5 Å². The lowest BCUT2D eigenvalue weighted by atomic mass is 9.95. The first-order chi connectivity index (χ1) is 17.9. The lowest BCUT2D eigenvalue weighted by Crippen LogP contribution is -2.42. The normalized spacial score (nSPS) is 19.8. The molecule has 2 N–H and O–H groups in total. The van der Waals surface area contributed by atoms with Crippen molar-refractivity contribution in [3.63, 3.8) is 0 Å². The van der Waals surface area contributed by atoms with E-state index in [-0.39, 0.29) is 29.4 Å². The SMILES string of the molecule is CCCOc1cccc(C(O)=C2C(=O)C(=O)N(CCN3CCOCC3)C2c2ccc(O)c(OCC)c2)c1. The minimum Gasteiger partial charge on any atom is -0.507 e. The van der Waals surface area contributed by atoms with E-state index in [1.54, 1.807) is 43.3 Å². The molecule has 2 heterocycles. The van der Waals surface area contributed by atoms with Crippen LogP contribution >= 0.6 is 0 Å². The quantitative estimate of drug-likeness (QED) is 0.285. The molecule has 2 fully saturated rings. The molecule has 1 amide bonds. The molecule has 0 saturated carbocycles. The van der Waals surface area contributed by atoms with Gasteiger partial charge in [-0.3, -0.25) is 14.5 Å².